The van der Waals surface area contributed by atoms with E-state index in [4.69, 9.17) is 14.8 Å². The molecule has 2 aromatic rings. The van der Waals surface area contributed by atoms with Crippen LogP contribution in [0.3, 0.4) is 0 Å². The van der Waals surface area contributed by atoms with Gasteiger partial charge in [-0.1, -0.05) is 6.07 Å². The van der Waals surface area contributed by atoms with Gasteiger partial charge < -0.3 is 5.73 Å². The molecule has 0 fully saturated rings. The van der Waals surface area contributed by atoms with Gasteiger partial charge in [0.1, 0.15) is 10.6 Å². The molecule has 0 spiro atoms. The van der Waals surface area contributed by atoms with E-state index in [-0.39, 0.29) is 22.0 Å². The van der Waals surface area contributed by atoms with E-state index < -0.39 is 25.1 Å². The highest BCUT2D eigenvalue weighted by Crippen LogP contribution is 2.30. The zero-order valence-electron chi connectivity index (χ0n) is 11.4. The molecule has 0 radical (unpaired) electrons. The lowest BCUT2D eigenvalue weighted by Gasteiger charge is -2.04. The number of benzene rings is 2. The van der Waals surface area contributed by atoms with E-state index >= 15 is 0 Å². The van der Waals surface area contributed by atoms with Crippen molar-refractivity contribution in [3.05, 3.63) is 42.5 Å². The van der Waals surface area contributed by atoms with Gasteiger partial charge in [0.25, 0.3) is 20.2 Å². The Morgan fingerprint density at radius 1 is 0.826 bits per heavy atom. The first-order valence-electron chi connectivity index (χ1n) is 5.94. The number of hydrogen-bond acceptors (Lipinski definition) is 7. The van der Waals surface area contributed by atoms with Crippen molar-refractivity contribution >= 4 is 37.3 Å². The van der Waals surface area contributed by atoms with E-state index in [1.165, 1.54) is 24.3 Å². The third kappa shape index (κ3) is 4.10. The summed E-state index contributed by atoms with van der Waals surface area (Å²) in [6, 6.07) is 8.66. The van der Waals surface area contributed by atoms with Crippen molar-refractivity contribution < 1.29 is 25.9 Å². The number of anilines is 1. The average Bonchev–Trinajstić information content (AvgIpc) is 2.44. The molecule has 9 nitrogen and oxygen atoms in total. The molecule has 0 aliphatic carbocycles. The Hall–Kier alpha value is -2.34. The van der Waals surface area contributed by atoms with Gasteiger partial charge in [0.15, 0.2) is 0 Å². The standard InChI is InChI=1S/C12H11N3O6S2/c13-12-10(2-1-3-11(12)23(19,20)21)15-14-8-4-6-9(7-5-8)22(16,17)18/h1-7H,13H2,(H,16,17,18)(H,19,20,21). The van der Waals surface area contributed by atoms with Crippen LogP contribution in [0, 0.1) is 0 Å². The van der Waals surface area contributed by atoms with Gasteiger partial charge in [-0.15, -0.1) is 5.11 Å². The van der Waals surface area contributed by atoms with Crippen molar-refractivity contribution in [2.75, 3.05) is 5.73 Å². The van der Waals surface area contributed by atoms with Gasteiger partial charge in [-0.3, -0.25) is 9.11 Å². The Morgan fingerprint density at radius 2 is 1.43 bits per heavy atom. The highest BCUT2D eigenvalue weighted by molar-refractivity contribution is 7.86. The lowest BCUT2D eigenvalue weighted by atomic mass is 10.3. The summed E-state index contributed by atoms with van der Waals surface area (Å²) in [7, 11) is -8.78. The molecule has 4 N–H and O–H groups in total. The van der Waals surface area contributed by atoms with E-state index in [1.54, 1.807) is 0 Å². The van der Waals surface area contributed by atoms with Gasteiger partial charge in [0, 0.05) is 0 Å². The maximum atomic E-state index is 11.1. The molecule has 0 unspecified atom stereocenters. The molecule has 0 aliphatic rings. The van der Waals surface area contributed by atoms with Crippen LogP contribution in [0.25, 0.3) is 0 Å². The summed E-state index contributed by atoms with van der Waals surface area (Å²) in [5, 5.41) is 7.53. The lowest BCUT2D eigenvalue weighted by Crippen LogP contribution is -2.02. The zero-order valence-corrected chi connectivity index (χ0v) is 13.0. The predicted molar refractivity (Wildman–Crippen MR) is 81.1 cm³/mol. The summed E-state index contributed by atoms with van der Waals surface area (Å²) in [6.45, 7) is 0. The Morgan fingerprint density at radius 3 is 1.96 bits per heavy atom. The summed E-state index contributed by atoms with van der Waals surface area (Å²) in [5.74, 6) is 0. The van der Waals surface area contributed by atoms with Crippen molar-refractivity contribution in [3.63, 3.8) is 0 Å². The van der Waals surface area contributed by atoms with Crippen LogP contribution < -0.4 is 5.73 Å². The molecular weight excluding hydrogens is 346 g/mol. The van der Waals surface area contributed by atoms with Crippen LogP contribution >= 0.6 is 0 Å². The van der Waals surface area contributed by atoms with Gasteiger partial charge in [-0.05, 0) is 36.4 Å². The molecule has 0 aliphatic heterocycles. The highest BCUT2D eigenvalue weighted by atomic mass is 32.2. The number of hydrogen-bond donors (Lipinski definition) is 3. The van der Waals surface area contributed by atoms with E-state index in [9.17, 15) is 16.8 Å². The summed E-state index contributed by atoms with van der Waals surface area (Å²) in [6.07, 6.45) is 0. The van der Waals surface area contributed by atoms with Gasteiger partial charge in [0.2, 0.25) is 0 Å². The van der Waals surface area contributed by atoms with Crippen LogP contribution in [0.1, 0.15) is 0 Å². The van der Waals surface area contributed by atoms with Crippen LogP contribution in [0.15, 0.2) is 62.5 Å². The smallest absolute Gasteiger partial charge is 0.296 e. The largest absolute Gasteiger partial charge is 0.396 e. The maximum absolute atomic E-state index is 11.1. The van der Waals surface area contributed by atoms with Gasteiger partial charge >= 0.3 is 0 Å². The number of azo groups is 1. The highest BCUT2D eigenvalue weighted by Gasteiger charge is 2.16. The van der Waals surface area contributed by atoms with Crippen molar-refractivity contribution in [1.82, 2.24) is 0 Å². The second-order valence-corrected chi connectivity index (χ2v) is 7.14. The SMILES string of the molecule is Nc1c(N=Nc2ccc(S(=O)(=O)O)cc2)cccc1S(=O)(=O)O. The third-order valence-corrected chi connectivity index (χ3v) is 4.51. The molecule has 0 bridgehead atoms. The molecule has 23 heavy (non-hydrogen) atoms. The fraction of sp³-hybridized carbons (Fsp3) is 0. The van der Waals surface area contributed by atoms with Crippen molar-refractivity contribution in [3.8, 4) is 0 Å². The first-order valence-corrected chi connectivity index (χ1v) is 8.82. The summed E-state index contributed by atoms with van der Waals surface area (Å²) >= 11 is 0. The minimum absolute atomic E-state index is 0.0129. The molecule has 11 heteroatoms. The summed E-state index contributed by atoms with van der Waals surface area (Å²) in [4.78, 5) is -0.792. The Bertz CT molecular complexity index is 966. The lowest BCUT2D eigenvalue weighted by molar-refractivity contribution is 0.481. The van der Waals surface area contributed by atoms with Crippen LogP contribution in [-0.2, 0) is 20.2 Å². The van der Waals surface area contributed by atoms with Gasteiger partial charge in [-0.25, -0.2) is 0 Å². The van der Waals surface area contributed by atoms with E-state index in [0.29, 0.717) is 0 Å². The molecule has 0 aromatic heterocycles. The Balaban J connectivity index is 2.35. The molecule has 2 rings (SSSR count). The van der Waals surface area contributed by atoms with Crippen molar-refractivity contribution in [2.45, 2.75) is 9.79 Å². The molecular formula is C12H11N3O6S2. The fourth-order valence-electron chi connectivity index (χ4n) is 1.64. The normalized spacial score (nSPS) is 12.6. The average molecular weight is 357 g/mol. The van der Waals surface area contributed by atoms with E-state index in [1.807, 2.05) is 0 Å². The molecule has 0 saturated carbocycles. The summed E-state index contributed by atoms with van der Waals surface area (Å²) in [5.41, 5.74) is 5.60. The van der Waals surface area contributed by atoms with Crippen molar-refractivity contribution in [2.24, 2.45) is 10.2 Å². The molecule has 0 saturated heterocycles. The van der Waals surface area contributed by atoms with Crippen LogP contribution in [0.5, 0.6) is 0 Å². The number of para-hydroxylation sites is 1. The molecule has 0 atom stereocenters. The van der Waals surface area contributed by atoms with Crippen LogP contribution in [0.2, 0.25) is 0 Å². The van der Waals surface area contributed by atoms with Gasteiger partial charge in [0.05, 0.1) is 16.3 Å². The van der Waals surface area contributed by atoms with E-state index in [0.717, 1.165) is 18.2 Å². The molecule has 0 heterocycles. The van der Waals surface area contributed by atoms with Crippen LogP contribution in [0.4, 0.5) is 17.1 Å². The quantitative estimate of drug-likeness (QED) is 0.429. The number of nitrogen functional groups attached to an aromatic ring is 1. The summed E-state index contributed by atoms with van der Waals surface area (Å²) < 4.78 is 62.0. The predicted octanol–water partition coefficient (Wildman–Crippen LogP) is 2.18. The molecule has 0 amide bonds. The third-order valence-electron chi connectivity index (χ3n) is 2.73. The Kier molecular flexibility index (Phi) is 4.47. The Labute approximate surface area is 132 Å². The van der Waals surface area contributed by atoms with Gasteiger partial charge in [-0.2, -0.15) is 21.9 Å². The molecule has 2 aromatic carbocycles. The number of nitrogens with zero attached hydrogens (tertiary/aromatic N) is 2. The first kappa shape index (κ1) is 17.0. The minimum atomic E-state index is -4.48. The molecule has 122 valence electrons. The number of nitrogens with two attached hydrogens (primary N) is 1. The topological polar surface area (TPSA) is 159 Å². The number of rotatable bonds is 4. The zero-order chi connectivity index (χ0) is 17.3. The first-order chi connectivity index (χ1) is 10.6. The fourth-order valence-corrected chi connectivity index (χ4v) is 2.75. The van der Waals surface area contributed by atoms with E-state index in [2.05, 4.69) is 10.2 Å². The monoisotopic (exact) mass is 357 g/mol. The second kappa shape index (κ2) is 6.04. The maximum Gasteiger partial charge on any atom is 0.296 e. The second-order valence-electron chi connectivity index (χ2n) is 4.33. The van der Waals surface area contributed by atoms with Crippen LogP contribution in [-0.4, -0.2) is 25.9 Å². The minimum Gasteiger partial charge on any atom is -0.396 e. The van der Waals surface area contributed by atoms with Crippen molar-refractivity contribution in [1.29, 1.82) is 0 Å².